The molecule has 0 fully saturated rings. The Balaban J connectivity index is 3.21. The zero-order valence-corrected chi connectivity index (χ0v) is 14.4. The summed E-state index contributed by atoms with van der Waals surface area (Å²) in [7, 11) is 1.72. The van der Waals surface area contributed by atoms with Gasteiger partial charge < -0.3 is 10.1 Å². The first-order valence-electron chi connectivity index (χ1n) is 7.37. The van der Waals surface area contributed by atoms with Crippen molar-refractivity contribution in [3.8, 4) is 5.75 Å². The summed E-state index contributed by atoms with van der Waals surface area (Å²) >= 11 is 6.21. The van der Waals surface area contributed by atoms with E-state index in [1.165, 1.54) is 5.56 Å². The van der Waals surface area contributed by atoms with Crippen LogP contribution in [0.1, 0.15) is 53.0 Å². The zero-order valence-electron chi connectivity index (χ0n) is 13.6. The van der Waals surface area contributed by atoms with Gasteiger partial charge in [0, 0.05) is 28.1 Å². The quantitative estimate of drug-likeness (QED) is 0.815. The average molecular weight is 298 g/mol. The molecular weight excluding hydrogens is 270 g/mol. The highest BCUT2D eigenvalue weighted by Crippen LogP contribution is 2.39. The van der Waals surface area contributed by atoms with Crippen molar-refractivity contribution in [2.24, 2.45) is 0 Å². The second-order valence-corrected chi connectivity index (χ2v) is 6.87. The van der Waals surface area contributed by atoms with E-state index in [9.17, 15) is 0 Å². The summed E-state index contributed by atoms with van der Waals surface area (Å²) in [5.74, 6) is 0.925. The van der Waals surface area contributed by atoms with Gasteiger partial charge in [-0.1, -0.05) is 25.4 Å². The topological polar surface area (TPSA) is 21.3 Å². The number of benzene rings is 1. The number of nitrogens with one attached hydrogen (secondary N) is 1. The second kappa shape index (κ2) is 6.82. The van der Waals surface area contributed by atoms with E-state index >= 15 is 0 Å². The number of halogens is 1. The van der Waals surface area contributed by atoms with Crippen LogP contribution in [0.4, 0.5) is 0 Å². The first-order chi connectivity index (χ1) is 9.28. The normalized spacial score (nSPS) is 12.6. The Morgan fingerprint density at radius 1 is 1.15 bits per heavy atom. The van der Waals surface area contributed by atoms with E-state index < -0.39 is 0 Å². The van der Waals surface area contributed by atoms with Crippen LogP contribution in [0.2, 0.25) is 5.02 Å². The van der Waals surface area contributed by atoms with Gasteiger partial charge in [0.1, 0.15) is 5.75 Å². The lowest BCUT2D eigenvalue weighted by molar-refractivity contribution is 0.301. The van der Waals surface area contributed by atoms with Gasteiger partial charge in [0.05, 0.1) is 7.11 Å². The van der Waals surface area contributed by atoms with Crippen LogP contribution in [0.15, 0.2) is 18.2 Å². The van der Waals surface area contributed by atoms with Gasteiger partial charge in [0.2, 0.25) is 0 Å². The fourth-order valence-corrected chi connectivity index (χ4v) is 2.68. The number of rotatable bonds is 6. The molecule has 2 nitrogen and oxygen atoms in total. The molecule has 1 rings (SSSR count). The van der Waals surface area contributed by atoms with Crippen molar-refractivity contribution in [1.29, 1.82) is 0 Å². The van der Waals surface area contributed by atoms with Crippen LogP contribution in [0.3, 0.4) is 0 Å². The van der Waals surface area contributed by atoms with Crippen molar-refractivity contribution < 1.29 is 4.74 Å². The Kier molecular flexibility index (Phi) is 5.91. The minimum absolute atomic E-state index is 0.0452. The third-order valence-electron chi connectivity index (χ3n) is 4.04. The number of methoxy groups -OCH3 is 1. The molecular formula is C17H28ClNO. The molecule has 0 atom stereocenters. The Labute approximate surface area is 128 Å². The molecule has 0 radical (unpaired) electrons. The smallest absolute Gasteiger partial charge is 0.122 e. The van der Waals surface area contributed by atoms with E-state index in [2.05, 4.69) is 46.0 Å². The molecule has 3 heteroatoms. The van der Waals surface area contributed by atoms with Gasteiger partial charge >= 0.3 is 0 Å². The Morgan fingerprint density at radius 2 is 1.75 bits per heavy atom. The summed E-state index contributed by atoms with van der Waals surface area (Å²) in [6.07, 6.45) is 2.09. The van der Waals surface area contributed by atoms with Crippen LogP contribution >= 0.6 is 11.6 Å². The predicted molar refractivity (Wildman–Crippen MR) is 88.0 cm³/mol. The number of ether oxygens (including phenoxy) is 1. The monoisotopic (exact) mass is 297 g/mol. The molecule has 1 N–H and O–H groups in total. The van der Waals surface area contributed by atoms with Crippen LogP contribution < -0.4 is 10.1 Å². The molecule has 0 heterocycles. The minimum Gasteiger partial charge on any atom is -0.496 e. The predicted octanol–water partition coefficient (Wildman–Crippen LogP) is 4.79. The number of hydrogen-bond donors (Lipinski definition) is 1. The fourth-order valence-electron chi connectivity index (χ4n) is 2.51. The SMILES string of the molecule is CCC(CC)(CNC(C)(C)C)c1cc(Cl)ccc1OC. The van der Waals surface area contributed by atoms with Crippen LogP contribution in [0.25, 0.3) is 0 Å². The Morgan fingerprint density at radius 3 is 2.20 bits per heavy atom. The molecule has 0 aliphatic heterocycles. The maximum atomic E-state index is 6.21. The van der Waals surface area contributed by atoms with E-state index in [0.717, 1.165) is 30.2 Å². The maximum Gasteiger partial charge on any atom is 0.122 e. The molecule has 0 amide bonds. The molecule has 0 aromatic heterocycles. The number of hydrogen-bond acceptors (Lipinski definition) is 2. The van der Waals surface area contributed by atoms with E-state index in [1.54, 1.807) is 7.11 Å². The summed E-state index contributed by atoms with van der Waals surface area (Å²) in [6, 6.07) is 5.91. The Hall–Kier alpha value is -0.730. The Bertz CT molecular complexity index is 433. The van der Waals surface area contributed by atoms with Crippen molar-refractivity contribution in [2.75, 3.05) is 13.7 Å². The average Bonchev–Trinajstić information content (AvgIpc) is 2.40. The standard InChI is InChI=1S/C17H28ClNO/c1-7-17(8-2,12-19-16(3,4)5)14-11-13(18)9-10-15(14)20-6/h9-11,19H,7-8,12H2,1-6H3. The largest absolute Gasteiger partial charge is 0.496 e. The van der Waals surface area contributed by atoms with Gasteiger partial charge in [-0.2, -0.15) is 0 Å². The van der Waals surface area contributed by atoms with Crippen LogP contribution in [0.5, 0.6) is 5.75 Å². The highest BCUT2D eigenvalue weighted by molar-refractivity contribution is 6.30. The van der Waals surface area contributed by atoms with Gasteiger partial charge in [0.15, 0.2) is 0 Å². The second-order valence-electron chi connectivity index (χ2n) is 6.44. The molecule has 0 unspecified atom stereocenters. The molecule has 0 saturated heterocycles. The minimum atomic E-state index is 0.0452. The summed E-state index contributed by atoms with van der Waals surface area (Å²) in [4.78, 5) is 0. The van der Waals surface area contributed by atoms with E-state index in [1.807, 2.05) is 12.1 Å². The summed E-state index contributed by atoms with van der Waals surface area (Å²) in [6.45, 7) is 12.0. The van der Waals surface area contributed by atoms with Crippen LogP contribution in [-0.4, -0.2) is 19.2 Å². The molecule has 1 aromatic rings. The molecule has 0 spiro atoms. The summed E-state index contributed by atoms with van der Waals surface area (Å²) < 4.78 is 5.56. The molecule has 0 aliphatic rings. The van der Waals surface area contributed by atoms with E-state index in [0.29, 0.717) is 0 Å². The molecule has 20 heavy (non-hydrogen) atoms. The molecule has 114 valence electrons. The van der Waals surface area contributed by atoms with Crippen LogP contribution in [-0.2, 0) is 5.41 Å². The summed E-state index contributed by atoms with van der Waals surface area (Å²) in [5.41, 5.74) is 1.35. The van der Waals surface area contributed by atoms with Gasteiger partial charge in [0.25, 0.3) is 0 Å². The third-order valence-corrected chi connectivity index (χ3v) is 4.28. The van der Waals surface area contributed by atoms with Crippen molar-refractivity contribution >= 4 is 11.6 Å². The molecule has 0 aliphatic carbocycles. The van der Waals surface area contributed by atoms with Crippen molar-refractivity contribution in [3.63, 3.8) is 0 Å². The lowest BCUT2D eigenvalue weighted by atomic mass is 9.75. The van der Waals surface area contributed by atoms with Gasteiger partial charge in [-0.3, -0.25) is 0 Å². The molecule has 0 saturated carbocycles. The first-order valence-corrected chi connectivity index (χ1v) is 7.75. The van der Waals surface area contributed by atoms with Crippen LogP contribution in [0, 0.1) is 0 Å². The zero-order chi connectivity index (χ0) is 15.4. The third kappa shape index (κ3) is 4.13. The summed E-state index contributed by atoms with van der Waals surface area (Å²) in [5, 5.41) is 4.40. The lowest BCUT2D eigenvalue weighted by Crippen LogP contribution is -2.45. The first kappa shape index (κ1) is 17.3. The van der Waals surface area contributed by atoms with Crippen molar-refractivity contribution in [3.05, 3.63) is 28.8 Å². The highest BCUT2D eigenvalue weighted by Gasteiger charge is 2.32. The van der Waals surface area contributed by atoms with Crippen molar-refractivity contribution in [1.82, 2.24) is 5.32 Å². The van der Waals surface area contributed by atoms with Crippen molar-refractivity contribution in [2.45, 2.75) is 58.4 Å². The van der Waals surface area contributed by atoms with Gasteiger partial charge in [-0.15, -0.1) is 0 Å². The molecule has 0 bridgehead atoms. The van der Waals surface area contributed by atoms with Gasteiger partial charge in [-0.05, 0) is 51.8 Å². The van der Waals surface area contributed by atoms with Gasteiger partial charge in [-0.25, -0.2) is 0 Å². The fraction of sp³-hybridized carbons (Fsp3) is 0.647. The van der Waals surface area contributed by atoms with E-state index in [4.69, 9.17) is 16.3 Å². The van der Waals surface area contributed by atoms with E-state index in [-0.39, 0.29) is 11.0 Å². The molecule has 1 aromatic carbocycles. The maximum absolute atomic E-state index is 6.21. The lowest BCUT2D eigenvalue weighted by Gasteiger charge is -2.37. The highest BCUT2D eigenvalue weighted by atomic mass is 35.5.